The Morgan fingerprint density at radius 3 is 2.46 bits per heavy atom. The molecule has 1 saturated heterocycles. The Morgan fingerprint density at radius 1 is 1.04 bits per heavy atom. The summed E-state index contributed by atoms with van der Waals surface area (Å²) in [6.45, 7) is 0. The van der Waals surface area contributed by atoms with Gasteiger partial charge in [-0.25, -0.2) is 0 Å². The van der Waals surface area contributed by atoms with Crippen molar-refractivity contribution < 1.29 is 9.59 Å². The van der Waals surface area contributed by atoms with Crippen LogP contribution < -0.4 is 10.6 Å². The molecular formula is C20H18N2O2S2. The van der Waals surface area contributed by atoms with Gasteiger partial charge in [-0.3, -0.25) is 14.9 Å². The number of amides is 1. The molecule has 4 nitrogen and oxygen atoms in total. The molecule has 1 fully saturated rings. The highest BCUT2D eigenvalue weighted by atomic mass is 32.2. The molecule has 4 rings (SSSR count). The van der Waals surface area contributed by atoms with E-state index < -0.39 is 0 Å². The van der Waals surface area contributed by atoms with E-state index in [1.807, 2.05) is 60.7 Å². The monoisotopic (exact) mass is 382 g/mol. The first-order valence-corrected chi connectivity index (χ1v) is 10.4. The molecule has 2 N–H and O–H groups in total. The topological polar surface area (TPSA) is 58.2 Å². The minimum Gasteiger partial charge on any atom is -0.331 e. The number of hydrogen-bond acceptors (Lipinski definition) is 5. The molecule has 1 amide bonds. The average Bonchev–Trinajstić information content (AvgIpc) is 3.12. The highest BCUT2D eigenvalue weighted by molar-refractivity contribution is 8.03. The smallest absolute Gasteiger partial charge is 0.231 e. The Labute approximate surface area is 160 Å². The second-order valence-electron chi connectivity index (χ2n) is 6.13. The van der Waals surface area contributed by atoms with Gasteiger partial charge in [0.1, 0.15) is 5.50 Å². The van der Waals surface area contributed by atoms with Crippen molar-refractivity contribution in [2.45, 2.75) is 10.9 Å². The molecule has 0 aromatic heterocycles. The summed E-state index contributed by atoms with van der Waals surface area (Å²) in [6, 6.07) is 19.2. The number of fused-ring (bicyclic) bond motifs is 1. The number of thioether (sulfide) groups is 2. The van der Waals surface area contributed by atoms with Crippen LogP contribution in [0.2, 0.25) is 0 Å². The molecule has 0 saturated carbocycles. The van der Waals surface area contributed by atoms with E-state index in [1.165, 1.54) is 11.8 Å². The number of rotatable bonds is 5. The first-order chi connectivity index (χ1) is 12.7. The Kier molecular flexibility index (Phi) is 5.15. The molecule has 0 bridgehead atoms. The summed E-state index contributed by atoms with van der Waals surface area (Å²) >= 11 is 3.06. The molecule has 132 valence electrons. The van der Waals surface area contributed by atoms with Gasteiger partial charge in [0.25, 0.3) is 0 Å². The number of carbonyl (C=O) groups excluding carboxylic acids is 2. The normalized spacial score (nSPS) is 24.5. The molecule has 3 atom stereocenters. The Hall–Kier alpha value is -2.02. The van der Waals surface area contributed by atoms with Gasteiger partial charge < -0.3 is 5.32 Å². The van der Waals surface area contributed by atoms with Gasteiger partial charge in [0.15, 0.2) is 5.78 Å². The lowest BCUT2D eigenvalue weighted by Gasteiger charge is -2.34. The van der Waals surface area contributed by atoms with Crippen LogP contribution in [0.25, 0.3) is 5.57 Å². The van der Waals surface area contributed by atoms with Crippen LogP contribution in [0.4, 0.5) is 0 Å². The predicted molar refractivity (Wildman–Crippen MR) is 108 cm³/mol. The third-order valence-corrected chi connectivity index (χ3v) is 6.54. The standard InChI is InChI=1S/C20H18N2O2S2/c23-16(14-9-5-2-6-10-14)12-26-20-21-18(24)17-15(11-25-19(17)22-20)13-7-3-1-4-8-13/h1-11,17,19-20,22H,12H2,(H,21,24). The van der Waals surface area contributed by atoms with Gasteiger partial charge in [-0.1, -0.05) is 60.7 Å². The van der Waals surface area contributed by atoms with E-state index in [0.717, 1.165) is 11.1 Å². The second-order valence-corrected chi connectivity index (χ2v) is 8.24. The van der Waals surface area contributed by atoms with Gasteiger partial charge in [-0.15, -0.1) is 23.5 Å². The van der Waals surface area contributed by atoms with E-state index in [4.69, 9.17) is 0 Å². The highest BCUT2D eigenvalue weighted by Crippen LogP contribution is 2.42. The summed E-state index contributed by atoms with van der Waals surface area (Å²) in [5.74, 6) is 0.196. The third kappa shape index (κ3) is 3.58. The summed E-state index contributed by atoms with van der Waals surface area (Å²) in [7, 11) is 0. The largest absolute Gasteiger partial charge is 0.331 e. The SMILES string of the molecule is O=C(CSC1NC(=O)C2C(c3ccccc3)=CSC2N1)c1ccccc1. The van der Waals surface area contributed by atoms with Crippen LogP contribution in [0.1, 0.15) is 15.9 Å². The number of nitrogens with one attached hydrogen (secondary N) is 2. The van der Waals surface area contributed by atoms with Gasteiger partial charge >= 0.3 is 0 Å². The van der Waals surface area contributed by atoms with Crippen molar-refractivity contribution in [2.24, 2.45) is 5.92 Å². The van der Waals surface area contributed by atoms with E-state index >= 15 is 0 Å². The molecule has 2 aliphatic rings. The van der Waals surface area contributed by atoms with E-state index in [-0.39, 0.29) is 28.5 Å². The van der Waals surface area contributed by atoms with Gasteiger partial charge in [-0.2, -0.15) is 0 Å². The van der Waals surface area contributed by atoms with E-state index in [1.54, 1.807) is 11.8 Å². The molecule has 3 unspecified atom stereocenters. The van der Waals surface area contributed by atoms with E-state index in [0.29, 0.717) is 11.3 Å². The van der Waals surface area contributed by atoms with Crippen LogP contribution in [-0.4, -0.2) is 28.3 Å². The zero-order chi connectivity index (χ0) is 17.9. The molecule has 2 aromatic rings. The maximum absolute atomic E-state index is 12.7. The Bertz CT molecular complexity index is 839. The first kappa shape index (κ1) is 17.4. The molecule has 0 aliphatic carbocycles. The van der Waals surface area contributed by atoms with Crippen LogP contribution in [0.15, 0.2) is 66.1 Å². The molecular weight excluding hydrogens is 364 g/mol. The van der Waals surface area contributed by atoms with Gasteiger partial charge in [0.05, 0.1) is 17.0 Å². The summed E-state index contributed by atoms with van der Waals surface area (Å²) in [6.07, 6.45) is 0. The minimum atomic E-state index is -0.257. The van der Waals surface area contributed by atoms with Gasteiger partial charge in [0, 0.05) is 5.56 Å². The van der Waals surface area contributed by atoms with Gasteiger partial charge in [0.2, 0.25) is 5.91 Å². The maximum Gasteiger partial charge on any atom is 0.231 e. The van der Waals surface area contributed by atoms with Crippen LogP contribution in [0, 0.1) is 5.92 Å². The van der Waals surface area contributed by atoms with Crippen LogP contribution >= 0.6 is 23.5 Å². The van der Waals surface area contributed by atoms with Crippen molar-refractivity contribution >= 4 is 40.8 Å². The minimum absolute atomic E-state index is 0.00304. The van der Waals surface area contributed by atoms with Crippen molar-refractivity contribution in [1.29, 1.82) is 0 Å². The average molecular weight is 383 g/mol. The van der Waals surface area contributed by atoms with E-state index in [2.05, 4.69) is 16.0 Å². The van der Waals surface area contributed by atoms with E-state index in [9.17, 15) is 9.59 Å². The lowest BCUT2D eigenvalue weighted by molar-refractivity contribution is -0.125. The molecule has 2 heterocycles. The fourth-order valence-corrected chi connectivity index (χ4v) is 5.35. The lowest BCUT2D eigenvalue weighted by Crippen LogP contribution is -2.58. The van der Waals surface area contributed by atoms with Crippen LogP contribution in [0.3, 0.4) is 0 Å². The number of benzene rings is 2. The third-order valence-electron chi connectivity index (χ3n) is 4.43. The molecule has 2 aromatic carbocycles. The van der Waals surface area contributed by atoms with Crippen molar-refractivity contribution in [2.75, 3.05) is 5.75 Å². The summed E-state index contributed by atoms with van der Waals surface area (Å²) in [5, 5.41) is 8.51. The fraction of sp³-hybridized carbons (Fsp3) is 0.200. The van der Waals surface area contributed by atoms with Crippen molar-refractivity contribution in [3.63, 3.8) is 0 Å². The number of ketones is 1. The molecule has 2 aliphatic heterocycles. The molecule has 0 spiro atoms. The number of carbonyl (C=O) groups is 2. The fourth-order valence-electron chi connectivity index (χ4n) is 3.12. The Balaban J connectivity index is 1.38. The molecule has 6 heteroatoms. The zero-order valence-electron chi connectivity index (χ0n) is 13.9. The summed E-state index contributed by atoms with van der Waals surface area (Å²) < 4.78 is 0. The van der Waals surface area contributed by atoms with Crippen molar-refractivity contribution in [1.82, 2.24) is 10.6 Å². The first-order valence-electron chi connectivity index (χ1n) is 8.39. The summed E-state index contributed by atoms with van der Waals surface area (Å²) in [5.41, 5.74) is 2.57. The Morgan fingerprint density at radius 2 is 1.73 bits per heavy atom. The maximum atomic E-state index is 12.7. The van der Waals surface area contributed by atoms with Crippen LogP contribution in [-0.2, 0) is 4.79 Å². The molecule has 26 heavy (non-hydrogen) atoms. The number of hydrogen-bond donors (Lipinski definition) is 2. The number of Topliss-reactive ketones (excluding diaryl/α,β-unsaturated/α-hetero) is 1. The lowest BCUT2D eigenvalue weighted by atomic mass is 9.92. The van der Waals surface area contributed by atoms with Crippen molar-refractivity contribution in [3.05, 3.63) is 77.2 Å². The molecule has 0 radical (unpaired) electrons. The zero-order valence-corrected chi connectivity index (χ0v) is 15.6. The summed E-state index contributed by atoms with van der Waals surface area (Å²) in [4.78, 5) is 24.9. The van der Waals surface area contributed by atoms with Crippen molar-refractivity contribution in [3.8, 4) is 0 Å². The predicted octanol–water partition coefficient (Wildman–Crippen LogP) is 3.34. The highest BCUT2D eigenvalue weighted by Gasteiger charge is 2.42. The quantitative estimate of drug-likeness (QED) is 0.777. The second kappa shape index (κ2) is 7.70. The van der Waals surface area contributed by atoms with Gasteiger partial charge in [-0.05, 0) is 16.5 Å². The van der Waals surface area contributed by atoms with Crippen LogP contribution in [0.5, 0.6) is 0 Å².